The van der Waals surface area contributed by atoms with E-state index in [0.29, 0.717) is 13.2 Å². The van der Waals surface area contributed by atoms with Crippen LogP contribution in [0.25, 0.3) is 0 Å². The number of ether oxygens (including phenoxy) is 3. The van der Waals surface area contributed by atoms with Gasteiger partial charge >= 0.3 is 5.97 Å². The van der Waals surface area contributed by atoms with Crippen molar-refractivity contribution in [1.29, 1.82) is 0 Å². The predicted molar refractivity (Wildman–Crippen MR) is 143 cm³/mol. The van der Waals surface area contributed by atoms with Crippen molar-refractivity contribution in [2.75, 3.05) is 19.0 Å². The summed E-state index contributed by atoms with van der Waals surface area (Å²) in [6, 6.07) is 0. The zero-order valence-corrected chi connectivity index (χ0v) is 26.2. The third kappa shape index (κ3) is 8.92. The van der Waals surface area contributed by atoms with Crippen molar-refractivity contribution in [3.05, 3.63) is 0 Å². The van der Waals surface area contributed by atoms with E-state index in [2.05, 4.69) is 67.7 Å². The number of hydrogen-bond donors (Lipinski definition) is 0. The second-order valence-electron chi connectivity index (χ2n) is 11.9. The highest BCUT2D eigenvalue weighted by molar-refractivity contribution is 8.07. The van der Waals surface area contributed by atoms with Gasteiger partial charge in [-0.05, 0) is 50.1 Å². The Morgan fingerprint density at radius 1 is 0.879 bits per heavy atom. The summed E-state index contributed by atoms with van der Waals surface area (Å²) < 4.78 is 32.2. The number of carbonyl (C=O) groups excluding carboxylic acids is 1. The Bertz CT molecular complexity index is 619. The minimum absolute atomic E-state index is 0.0129. The molecule has 6 nitrogen and oxygen atoms in total. The van der Waals surface area contributed by atoms with E-state index in [4.69, 9.17) is 23.1 Å². The smallest absolute Gasteiger partial charge is 0.303 e. The van der Waals surface area contributed by atoms with Gasteiger partial charge in [-0.15, -0.1) is 0 Å². The van der Waals surface area contributed by atoms with Gasteiger partial charge < -0.3 is 23.1 Å². The summed E-state index contributed by atoms with van der Waals surface area (Å²) in [6.45, 7) is 28.6. The Labute approximate surface area is 209 Å². The van der Waals surface area contributed by atoms with E-state index >= 15 is 0 Å². The van der Waals surface area contributed by atoms with Gasteiger partial charge in [0.2, 0.25) is 0 Å². The molecule has 1 aliphatic rings. The molecule has 1 rings (SSSR count). The largest absolute Gasteiger partial charge is 0.459 e. The Kier molecular flexibility index (Phi) is 11.2. The van der Waals surface area contributed by atoms with E-state index in [9.17, 15) is 4.79 Å². The van der Waals surface area contributed by atoms with Crippen LogP contribution in [-0.2, 0) is 27.9 Å². The van der Waals surface area contributed by atoms with E-state index in [1.807, 2.05) is 13.8 Å². The minimum Gasteiger partial charge on any atom is -0.459 e. The molecule has 0 aromatic heterocycles. The first kappa shape index (κ1) is 31.1. The third-order valence-corrected chi connectivity index (χ3v) is 17.0. The van der Waals surface area contributed by atoms with E-state index in [1.165, 1.54) is 6.92 Å². The first-order valence-electron chi connectivity index (χ1n) is 12.3. The van der Waals surface area contributed by atoms with Crippen LogP contribution in [0.3, 0.4) is 0 Å². The van der Waals surface area contributed by atoms with Gasteiger partial charge in [0, 0.05) is 25.9 Å². The van der Waals surface area contributed by atoms with E-state index in [-0.39, 0.29) is 21.3 Å². The van der Waals surface area contributed by atoms with Crippen molar-refractivity contribution in [2.45, 2.75) is 128 Å². The van der Waals surface area contributed by atoms with E-state index in [1.54, 1.807) is 11.8 Å². The number of esters is 1. The molecular weight excluding hydrogens is 472 g/mol. The fourth-order valence-corrected chi connectivity index (χ4v) is 6.27. The van der Waals surface area contributed by atoms with Gasteiger partial charge in [-0.25, -0.2) is 0 Å². The van der Waals surface area contributed by atoms with Gasteiger partial charge in [-0.2, -0.15) is 11.8 Å². The van der Waals surface area contributed by atoms with Crippen LogP contribution >= 0.6 is 11.8 Å². The Morgan fingerprint density at radius 2 is 1.27 bits per heavy atom. The topological polar surface area (TPSA) is 63.2 Å². The summed E-state index contributed by atoms with van der Waals surface area (Å²) in [6.07, 6.45) is -2.01. The third-order valence-electron chi connectivity index (χ3n) is 7.08. The van der Waals surface area contributed by atoms with Crippen LogP contribution in [0.5, 0.6) is 0 Å². The minimum atomic E-state index is -2.25. The quantitative estimate of drug-likeness (QED) is 0.123. The molecule has 0 amide bonds. The maximum Gasteiger partial charge on any atom is 0.303 e. The molecule has 33 heavy (non-hydrogen) atoms. The van der Waals surface area contributed by atoms with Crippen molar-refractivity contribution < 1.29 is 27.9 Å². The average Bonchev–Trinajstić information content (AvgIpc) is 3.45. The van der Waals surface area contributed by atoms with Crippen molar-refractivity contribution in [1.82, 2.24) is 0 Å². The van der Waals surface area contributed by atoms with Crippen LogP contribution in [0.15, 0.2) is 0 Å². The van der Waals surface area contributed by atoms with E-state index < -0.39 is 41.2 Å². The van der Waals surface area contributed by atoms with Gasteiger partial charge in [0.1, 0.15) is 18.3 Å². The first-order chi connectivity index (χ1) is 14.9. The van der Waals surface area contributed by atoms with Gasteiger partial charge in [0.25, 0.3) is 0 Å². The van der Waals surface area contributed by atoms with Gasteiger partial charge in [0.05, 0.1) is 5.25 Å². The van der Waals surface area contributed by atoms with Crippen molar-refractivity contribution >= 4 is 34.4 Å². The normalized spacial score (nSPS) is 20.5. The van der Waals surface area contributed by atoms with Crippen LogP contribution in [0.4, 0.5) is 0 Å². The summed E-state index contributed by atoms with van der Waals surface area (Å²) in [5, 5.41) is 0.163. The molecule has 0 bridgehead atoms. The highest BCUT2D eigenvalue weighted by atomic mass is 32.2. The molecule has 0 spiro atoms. The number of rotatable bonds is 13. The predicted octanol–water partition coefficient (Wildman–Crippen LogP) is 6.21. The van der Waals surface area contributed by atoms with Crippen LogP contribution in [0, 0.1) is 0 Å². The molecule has 1 saturated heterocycles. The molecule has 1 aliphatic heterocycles. The van der Waals surface area contributed by atoms with Gasteiger partial charge in [-0.1, -0.05) is 41.5 Å². The Morgan fingerprint density at radius 3 is 1.58 bits per heavy atom. The van der Waals surface area contributed by atoms with Crippen molar-refractivity contribution in [3.8, 4) is 0 Å². The average molecular weight is 523 g/mol. The van der Waals surface area contributed by atoms with Gasteiger partial charge in [0.15, 0.2) is 22.9 Å². The van der Waals surface area contributed by atoms with Gasteiger partial charge in [-0.3, -0.25) is 4.79 Å². The summed E-state index contributed by atoms with van der Waals surface area (Å²) in [5.74, 6) is 0.641. The fourth-order valence-electron chi connectivity index (χ4n) is 2.99. The van der Waals surface area contributed by atoms with Crippen LogP contribution < -0.4 is 0 Å². The monoisotopic (exact) mass is 522 g/mol. The molecule has 0 saturated carbocycles. The second-order valence-corrected chi connectivity index (χ2v) is 22.7. The lowest BCUT2D eigenvalue weighted by molar-refractivity contribution is -0.217. The SMILES string of the molecule is CCOC(OCC)[C@H](O[Si](C)(C)C(C)(C)C)[C@H](O[Si](C)(C)C(C)(C)C)[C@H](OC(C)=O)[C@H]1CS1. The van der Waals surface area contributed by atoms with Crippen molar-refractivity contribution in [2.24, 2.45) is 0 Å². The van der Waals surface area contributed by atoms with Crippen molar-refractivity contribution in [3.63, 3.8) is 0 Å². The molecule has 0 aromatic carbocycles. The number of hydrogen-bond acceptors (Lipinski definition) is 7. The Hall–Kier alpha value is 0.0938. The molecule has 0 radical (unpaired) electrons. The molecule has 196 valence electrons. The first-order valence-corrected chi connectivity index (χ1v) is 19.1. The van der Waals surface area contributed by atoms with Crippen LogP contribution in [-0.4, -0.2) is 71.4 Å². The number of thioether (sulfide) groups is 1. The summed E-state index contributed by atoms with van der Waals surface area (Å²) in [4.78, 5) is 12.2. The zero-order chi connectivity index (χ0) is 25.8. The molecule has 0 N–H and O–H groups in total. The molecular formula is C24H50O6SSi2. The lowest BCUT2D eigenvalue weighted by atomic mass is 10.1. The Balaban J connectivity index is 3.61. The lowest BCUT2D eigenvalue weighted by Gasteiger charge is -2.48. The number of carbonyl (C=O) groups is 1. The molecule has 1 fully saturated rings. The summed E-state index contributed by atoms with van der Waals surface area (Å²) >= 11 is 1.79. The second kappa shape index (κ2) is 11.9. The highest BCUT2D eigenvalue weighted by Gasteiger charge is 2.53. The molecule has 1 heterocycles. The summed E-state index contributed by atoms with van der Waals surface area (Å²) in [5.41, 5.74) is 0. The van der Waals surface area contributed by atoms with Crippen LogP contribution in [0.2, 0.25) is 36.3 Å². The highest BCUT2D eigenvalue weighted by Crippen LogP contribution is 2.45. The molecule has 0 aliphatic carbocycles. The van der Waals surface area contributed by atoms with E-state index in [0.717, 1.165) is 5.75 Å². The molecule has 0 unspecified atom stereocenters. The zero-order valence-electron chi connectivity index (χ0n) is 23.4. The standard InChI is InChI=1S/C24H50O6SSi2/c1-14-26-22(27-15-2)21(30-33(12,13)24(7,8)9)20(29-32(10,11)23(4,5)6)19(18-16-31-18)28-17(3)25/h18-22H,14-16H2,1-13H3/t18-,19-,20-,21-/m1/s1. The lowest BCUT2D eigenvalue weighted by Crippen LogP contribution is -2.60. The van der Waals surface area contributed by atoms with Crippen LogP contribution in [0.1, 0.15) is 62.3 Å². The molecule has 0 aromatic rings. The maximum atomic E-state index is 12.2. The maximum absolute atomic E-state index is 12.2. The summed E-state index contributed by atoms with van der Waals surface area (Å²) in [7, 11) is -4.50. The molecule has 4 atom stereocenters. The fraction of sp³-hybridized carbons (Fsp3) is 0.958. The molecule has 9 heteroatoms.